The number of methoxy groups -OCH3 is 1. The molecule has 3 nitrogen and oxygen atoms in total. The number of carbonyl (C=O) groups is 1. The monoisotopic (exact) mass is 419 g/mol. The first-order valence-electron chi connectivity index (χ1n) is 11.0. The first-order chi connectivity index (χ1) is 14.5. The number of hydrogen-bond acceptors (Lipinski definition) is 3. The van der Waals surface area contributed by atoms with E-state index in [9.17, 15) is 9.18 Å². The van der Waals surface area contributed by atoms with Gasteiger partial charge in [-0.3, -0.25) is 14.2 Å². The van der Waals surface area contributed by atoms with Gasteiger partial charge in [0.2, 0.25) is 0 Å². The highest BCUT2D eigenvalue weighted by Crippen LogP contribution is 2.39. The Bertz CT molecular complexity index is 648. The highest BCUT2D eigenvalue weighted by Gasteiger charge is 2.22. The largest absolute Gasteiger partial charge is 0.495 e. The van der Waals surface area contributed by atoms with Crippen molar-refractivity contribution in [1.29, 1.82) is 0 Å². The quantitative estimate of drug-likeness (QED) is 0.502. The van der Waals surface area contributed by atoms with E-state index in [0.29, 0.717) is 19.5 Å². The van der Waals surface area contributed by atoms with Gasteiger partial charge in [0.15, 0.2) is 0 Å². The molecule has 0 spiro atoms. The van der Waals surface area contributed by atoms with Crippen molar-refractivity contribution in [3.8, 4) is 5.75 Å². The van der Waals surface area contributed by atoms with Gasteiger partial charge in [0, 0.05) is 12.1 Å². The van der Waals surface area contributed by atoms with Crippen molar-refractivity contribution >= 4 is 5.78 Å². The summed E-state index contributed by atoms with van der Waals surface area (Å²) in [6.45, 7) is 13.9. The lowest BCUT2D eigenvalue weighted by atomic mass is 10.1. The van der Waals surface area contributed by atoms with Crippen LogP contribution < -0.4 is 4.74 Å². The molecule has 1 aliphatic carbocycles. The standard InChI is InChI=1S/C12H14O.C9H13NO.2C2H6.CH3F/c1-9(13)8-10-2-4-11(5-3-10)12-6-7-12;1-7(2)9-5-4-8(11-3)6-10-9;3*1-2/h2-5,12H,6-8H2,1H3;4-7H,1-3H3;2*1-2H3;1H3. The van der Waals surface area contributed by atoms with E-state index in [1.54, 1.807) is 20.2 Å². The molecule has 2 aromatic rings. The fourth-order valence-electron chi connectivity index (χ4n) is 2.47. The van der Waals surface area contributed by atoms with Gasteiger partial charge in [-0.25, -0.2) is 0 Å². The molecule has 1 fully saturated rings. The van der Waals surface area contributed by atoms with E-state index in [4.69, 9.17) is 4.74 Å². The Labute approximate surface area is 184 Å². The van der Waals surface area contributed by atoms with Crippen molar-refractivity contribution in [3.63, 3.8) is 0 Å². The summed E-state index contributed by atoms with van der Waals surface area (Å²) in [5.41, 5.74) is 3.68. The number of alkyl halides is 1. The van der Waals surface area contributed by atoms with E-state index in [0.717, 1.165) is 22.9 Å². The minimum atomic E-state index is 0.235. The predicted molar refractivity (Wildman–Crippen MR) is 127 cm³/mol. The number of Topliss-reactive ketones (excluding diaryl/α,β-unsaturated/α-hetero) is 1. The third-order valence-corrected chi connectivity index (χ3v) is 4.07. The Morgan fingerprint density at radius 3 is 1.90 bits per heavy atom. The molecule has 0 radical (unpaired) electrons. The number of ether oxygens (including phenoxy) is 1. The number of nitrogens with zero attached hydrogens (tertiary/aromatic N) is 1. The molecule has 0 saturated heterocycles. The van der Waals surface area contributed by atoms with Gasteiger partial charge in [-0.05, 0) is 54.9 Å². The maximum Gasteiger partial charge on any atom is 0.137 e. The van der Waals surface area contributed by atoms with Crippen LogP contribution >= 0.6 is 0 Å². The lowest BCUT2D eigenvalue weighted by Crippen LogP contribution is -1.95. The summed E-state index contributed by atoms with van der Waals surface area (Å²) in [6.07, 6.45) is 5.00. The molecule has 0 atom stereocenters. The van der Waals surface area contributed by atoms with Gasteiger partial charge in [0.1, 0.15) is 11.5 Å². The summed E-state index contributed by atoms with van der Waals surface area (Å²) in [7, 11) is 2.14. The van der Waals surface area contributed by atoms with E-state index >= 15 is 0 Å². The third-order valence-electron chi connectivity index (χ3n) is 4.07. The molecule has 30 heavy (non-hydrogen) atoms. The minimum absolute atomic E-state index is 0.235. The fourth-order valence-corrected chi connectivity index (χ4v) is 2.47. The summed E-state index contributed by atoms with van der Waals surface area (Å²) >= 11 is 0. The molecule has 1 heterocycles. The fraction of sp³-hybridized carbons (Fsp3) is 0.538. The first kappa shape index (κ1) is 30.0. The van der Waals surface area contributed by atoms with E-state index in [2.05, 4.69) is 43.1 Å². The van der Waals surface area contributed by atoms with Crippen molar-refractivity contribution in [2.45, 2.75) is 79.6 Å². The molecule has 170 valence electrons. The van der Waals surface area contributed by atoms with E-state index in [1.807, 2.05) is 39.8 Å². The predicted octanol–water partition coefficient (Wildman–Crippen LogP) is 7.55. The second kappa shape index (κ2) is 18.8. The number of hydrogen-bond donors (Lipinski definition) is 0. The van der Waals surface area contributed by atoms with Crippen LogP contribution in [0.5, 0.6) is 5.75 Å². The molecule has 3 rings (SSSR count). The SMILES string of the molecule is CC.CC.CC(=O)Cc1ccc(C2CC2)cc1.CF.COc1ccc(C(C)C)nc1. The van der Waals surface area contributed by atoms with E-state index in [1.165, 1.54) is 18.4 Å². The molecular weight excluding hydrogens is 377 g/mol. The Hall–Kier alpha value is -2.23. The van der Waals surface area contributed by atoms with Gasteiger partial charge < -0.3 is 4.74 Å². The topological polar surface area (TPSA) is 39.2 Å². The van der Waals surface area contributed by atoms with Gasteiger partial charge in [-0.15, -0.1) is 0 Å². The maximum atomic E-state index is 10.8. The van der Waals surface area contributed by atoms with Crippen LogP contribution in [0.3, 0.4) is 0 Å². The lowest BCUT2D eigenvalue weighted by molar-refractivity contribution is -0.116. The lowest BCUT2D eigenvalue weighted by Gasteiger charge is -2.04. The normalized spacial score (nSPS) is 11.2. The van der Waals surface area contributed by atoms with Crippen LogP contribution in [0.25, 0.3) is 0 Å². The smallest absolute Gasteiger partial charge is 0.137 e. The second-order valence-electron chi connectivity index (χ2n) is 6.67. The first-order valence-corrected chi connectivity index (χ1v) is 11.0. The highest BCUT2D eigenvalue weighted by molar-refractivity contribution is 5.78. The van der Waals surface area contributed by atoms with Gasteiger partial charge in [0.25, 0.3) is 0 Å². The van der Waals surface area contributed by atoms with Crippen molar-refractivity contribution in [2.24, 2.45) is 0 Å². The maximum absolute atomic E-state index is 10.8. The second-order valence-corrected chi connectivity index (χ2v) is 6.67. The van der Waals surface area contributed by atoms with E-state index < -0.39 is 0 Å². The molecule has 0 aliphatic heterocycles. The van der Waals surface area contributed by atoms with Crippen LogP contribution in [0, 0.1) is 0 Å². The molecule has 0 amide bonds. The summed E-state index contributed by atoms with van der Waals surface area (Å²) in [5, 5.41) is 0. The molecule has 0 N–H and O–H groups in total. The average Bonchev–Trinajstić information content (AvgIpc) is 3.64. The van der Waals surface area contributed by atoms with Gasteiger partial charge >= 0.3 is 0 Å². The molecular formula is C26H42FNO2. The van der Waals surface area contributed by atoms with Crippen molar-refractivity contribution in [2.75, 3.05) is 14.3 Å². The van der Waals surface area contributed by atoms with Crippen LogP contribution in [-0.2, 0) is 11.2 Å². The Morgan fingerprint density at radius 2 is 1.57 bits per heavy atom. The summed E-state index contributed by atoms with van der Waals surface area (Å²) in [5.74, 6) is 2.35. The van der Waals surface area contributed by atoms with Crippen LogP contribution in [0.1, 0.15) is 90.0 Å². The zero-order chi connectivity index (χ0) is 23.5. The summed E-state index contributed by atoms with van der Waals surface area (Å²) in [6, 6.07) is 12.4. The van der Waals surface area contributed by atoms with Crippen molar-refractivity contribution < 1.29 is 13.9 Å². The van der Waals surface area contributed by atoms with Crippen LogP contribution in [0.4, 0.5) is 4.39 Å². The van der Waals surface area contributed by atoms with Crippen LogP contribution in [0.15, 0.2) is 42.6 Å². The number of aromatic nitrogens is 1. The Morgan fingerprint density at radius 1 is 1.03 bits per heavy atom. The number of benzene rings is 1. The molecule has 0 bridgehead atoms. The Kier molecular flexibility index (Phi) is 18.8. The van der Waals surface area contributed by atoms with E-state index in [-0.39, 0.29) is 5.78 Å². The number of halogens is 1. The van der Waals surface area contributed by atoms with Gasteiger partial charge in [-0.2, -0.15) is 0 Å². The number of carbonyl (C=O) groups excluding carboxylic acids is 1. The number of rotatable bonds is 5. The number of pyridine rings is 1. The highest BCUT2D eigenvalue weighted by atomic mass is 19.1. The third kappa shape index (κ3) is 13.1. The summed E-state index contributed by atoms with van der Waals surface area (Å²) < 4.78 is 14.5. The minimum Gasteiger partial charge on any atom is -0.495 e. The molecule has 1 aliphatic rings. The number of ketones is 1. The Balaban J connectivity index is 0. The van der Waals surface area contributed by atoms with Crippen LogP contribution in [-0.4, -0.2) is 25.1 Å². The average molecular weight is 420 g/mol. The van der Waals surface area contributed by atoms with Crippen molar-refractivity contribution in [1.82, 2.24) is 4.98 Å². The molecule has 1 aromatic heterocycles. The molecule has 4 heteroatoms. The van der Waals surface area contributed by atoms with Gasteiger partial charge in [-0.1, -0.05) is 65.8 Å². The van der Waals surface area contributed by atoms with Crippen molar-refractivity contribution in [3.05, 3.63) is 59.4 Å². The zero-order valence-corrected chi connectivity index (χ0v) is 20.5. The molecule has 1 aromatic carbocycles. The molecule has 0 unspecified atom stereocenters. The zero-order valence-electron chi connectivity index (χ0n) is 20.5. The molecule has 1 saturated carbocycles. The van der Waals surface area contributed by atoms with Gasteiger partial charge in [0.05, 0.1) is 20.5 Å². The van der Waals surface area contributed by atoms with Crippen LogP contribution in [0.2, 0.25) is 0 Å². The summed E-state index contributed by atoms with van der Waals surface area (Å²) in [4.78, 5) is 15.1.